The minimum atomic E-state index is -0.0876. The van der Waals surface area contributed by atoms with Gasteiger partial charge in [0.15, 0.2) is 4.34 Å². The molecule has 0 fully saturated rings. The lowest BCUT2D eigenvalue weighted by molar-refractivity contribution is -0.119. The SMILES string of the molecule is O=C(CSc1nc2ccccc2s1)NCCCC(=O)Nc1ccc(Cl)cc1. The van der Waals surface area contributed by atoms with Gasteiger partial charge < -0.3 is 10.6 Å². The number of fused-ring (bicyclic) bond motifs is 1. The van der Waals surface area contributed by atoms with Crippen LogP contribution in [0.2, 0.25) is 5.02 Å². The number of halogens is 1. The maximum absolute atomic E-state index is 11.9. The summed E-state index contributed by atoms with van der Waals surface area (Å²) >= 11 is 8.82. The van der Waals surface area contributed by atoms with E-state index in [1.165, 1.54) is 11.8 Å². The van der Waals surface area contributed by atoms with Gasteiger partial charge in [0.1, 0.15) is 0 Å². The summed E-state index contributed by atoms with van der Waals surface area (Å²) in [6, 6.07) is 14.9. The molecule has 3 rings (SSSR count). The van der Waals surface area contributed by atoms with Crippen LogP contribution in [-0.2, 0) is 9.59 Å². The second-order valence-corrected chi connectivity index (χ2v) is 8.43. The van der Waals surface area contributed by atoms with Crippen LogP contribution in [0.4, 0.5) is 5.69 Å². The summed E-state index contributed by atoms with van der Waals surface area (Å²) in [6.45, 7) is 0.466. The highest BCUT2D eigenvalue weighted by Gasteiger charge is 2.08. The summed E-state index contributed by atoms with van der Waals surface area (Å²) in [5, 5.41) is 6.25. The molecule has 0 unspecified atom stereocenters. The van der Waals surface area contributed by atoms with Crippen LogP contribution in [0.3, 0.4) is 0 Å². The van der Waals surface area contributed by atoms with Crippen molar-refractivity contribution in [2.45, 2.75) is 17.2 Å². The summed E-state index contributed by atoms with van der Waals surface area (Å²) < 4.78 is 2.00. The minimum Gasteiger partial charge on any atom is -0.355 e. The lowest BCUT2D eigenvalue weighted by Crippen LogP contribution is -2.27. The van der Waals surface area contributed by atoms with E-state index in [1.54, 1.807) is 35.6 Å². The Balaban J connectivity index is 1.32. The van der Waals surface area contributed by atoms with E-state index < -0.39 is 0 Å². The van der Waals surface area contributed by atoms with Crippen molar-refractivity contribution in [3.63, 3.8) is 0 Å². The molecule has 0 saturated carbocycles. The molecule has 140 valence electrons. The van der Waals surface area contributed by atoms with E-state index in [-0.39, 0.29) is 11.8 Å². The highest BCUT2D eigenvalue weighted by atomic mass is 35.5. The topological polar surface area (TPSA) is 71.1 Å². The number of hydrogen-bond acceptors (Lipinski definition) is 5. The van der Waals surface area contributed by atoms with Crippen LogP contribution in [0.15, 0.2) is 52.9 Å². The van der Waals surface area contributed by atoms with Gasteiger partial charge in [-0.15, -0.1) is 11.3 Å². The number of nitrogens with zero attached hydrogens (tertiary/aromatic N) is 1. The predicted octanol–water partition coefficient (Wildman–Crippen LogP) is 4.58. The lowest BCUT2D eigenvalue weighted by Gasteiger charge is -2.06. The summed E-state index contributed by atoms with van der Waals surface area (Å²) in [4.78, 5) is 28.3. The Hall–Kier alpha value is -2.09. The second-order valence-electron chi connectivity index (χ2n) is 5.74. The van der Waals surface area contributed by atoms with Gasteiger partial charge in [0, 0.05) is 23.7 Å². The van der Waals surface area contributed by atoms with Crippen molar-refractivity contribution in [1.29, 1.82) is 0 Å². The zero-order valence-corrected chi connectivity index (χ0v) is 16.8. The van der Waals surface area contributed by atoms with Gasteiger partial charge in [-0.3, -0.25) is 9.59 Å². The number of carbonyl (C=O) groups is 2. The average Bonchev–Trinajstić information content (AvgIpc) is 3.08. The van der Waals surface area contributed by atoms with Crippen LogP contribution in [0.5, 0.6) is 0 Å². The van der Waals surface area contributed by atoms with Crippen molar-refractivity contribution in [3.8, 4) is 0 Å². The third kappa shape index (κ3) is 6.23. The zero-order chi connectivity index (χ0) is 19.1. The van der Waals surface area contributed by atoms with Gasteiger partial charge in [0.05, 0.1) is 16.0 Å². The van der Waals surface area contributed by atoms with Crippen LogP contribution in [0, 0.1) is 0 Å². The first-order valence-corrected chi connectivity index (χ1v) is 10.6. The Labute approximate surface area is 170 Å². The van der Waals surface area contributed by atoms with E-state index in [2.05, 4.69) is 15.6 Å². The molecular weight excluding hydrogens is 402 g/mol. The number of nitrogens with one attached hydrogen (secondary N) is 2. The molecule has 0 saturated heterocycles. The number of para-hydroxylation sites is 1. The van der Waals surface area contributed by atoms with Crippen molar-refractivity contribution in [2.75, 3.05) is 17.6 Å². The van der Waals surface area contributed by atoms with E-state index in [9.17, 15) is 9.59 Å². The molecule has 0 aliphatic heterocycles. The number of aromatic nitrogens is 1. The maximum atomic E-state index is 11.9. The third-order valence-corrected chi connectivity index (χ3v) is 6.06. The Morgan fingerprint density at radius 1 is 1.07 bits per heavy atom. The number of carbonyl (C=O) groups excluding carboxylic acids is 2. The molecule has 8 heteroatoms. The molecule has 2 N–H and O–H groups in total. The number of benzene rings is 2. The number of anilines is 1. The fourth-order valence-corrected chi connectivity index (χ4v) is 4.35. The summed E-state index contributed by atoms with van der Waals surface area (Å²) in [5.41, 5.74) is 1.66. The molecule has 1 aromatic heterocycles. The van der Waals surface area contributed by atoms with Crippen LogP contribution >= 0.6 is 34.7 Å². The van der Waals surface area contributed by atoms with Crippen LogP contribution in [0.25, 0.3) is 10.2 Å². The number of thioether (sulfide) groups is 1. The Morgan fingerprint density at radius 3 is 2.63 bits per heavy atom. The van der Waals surface area contributed by atoms with Crippen LogP contribution in [0.1, 0.15) is 12.8 Å². The number of amides is 2. The normalized spacial score (nSPS) is 10.7. The zero-order valence-electron chi connectivity index (χ0n) is 14.4. The first-order valence-electron chi connectivity index (χ1n) is 8.40. The average molecular weight is 420 g/mol. The quantitative estimate of drug-likeness (QED) is 0.414. The first kappa shape index (κ1) is 19.7. The van der Waals surface area contributed by atoms with Crippen LogP contribution in [-0.4, -0.2) is 29.1 Å². The van der Waals surface area contributed by atoms with E-state index in [0.717, 1.165) is 14.6 Å². The largest absolute Gasteiger partial charge is 0.355 e. The molecular formula is C19H18ClN3O2S2. The summed E-state index contributed by atoms with van der Waals surface area (Å²) in [7, 11) is 0. The van der Waals surface area contributed by atoms with Crippen LogP contribution < -0.4 is 10.6 Å². The summed E-state index contributed by atoms with van der Waals surface area (Å²) in [5.74, 6) is 0.171. The molecule has 0 bridgehead atoms. The summed E-state index contributed by atoms with van der Waals surface area (Å²) in [6.07, 6.45) is 0.922. The first-order chi connectivity index (χ1) is 13.1. The standard InChI is InChI=1S/C19H18ClN3O2S2/c20-13-7-9-14(10-8-13)22-17(24)6-3-11-21-18(25)12-26-19-23-15-4-1-2-5-16(15)27-19/h1-2,4-5,7-10H,3,6,11-12H2,(H,21,25)(H,22,24). The van der Waals surface area contributed by atoms with Gasteiger partial charge in [-0.05, 0) is 42.8 Å². The fourth-order valence-electron chi connectivity index (χ4n) is 2.32. The molecule has 2 aromatic carbocycles. The van der Waals surface area contributed by atoms with Gasteiger partial charge >= 0.3 is 0 Å². The van der Waals surface area contributed by atoms with E-state index in [0.29, 0.717) is 35.8 Å². The molecule has 5 nitrogen and oxygen atoms in total. The number of rotatable bonds is 8. The molecule has 0 radical (unpaired) electrons. The molecule has 1 heterocycles. The van der Waals surface area contributed by atoms with Gasteiger partial charge in [0.2, 0.25) is 11.8 Å². The molecule has 3 aromatic rings. The fraction of sp³-hybridized carbons (Fsp3) is 0.211. The second kappa shape index (κ2) is 9.73. The van der Waals surface area contributed by atoms with Crippen molar-refractivity contribution < 1.29 is 9.59 Å². The minimum absolute atomic E-state index is 0.0580. The van der Waals surface area contributed by atoms with Crippen molar-refractivity contribution in [1.82, 2.24) is 10.3 Å². The number of thiazole rings is 1. The molecule has 0 atom stereocenters. The smallest absolute Gasteiger partial charge is 0.230 e. The number of hydrogen-bond donors (Lipinski definition) is 2. The maximum Gasteiger partial charge on any atom is 0.230 e. The Kier molecular flexibility index (Phi) is 7.09. The van der Waals surface area contributed by atoms with E-state index in [4.69, 9.17) is 11.6 Å². The van der Waals surface area contributed by atoms with Crippen molar-refractivity contribution in [3.05, 3.63) is 53.6 Å². The van der Waals surface area contributed by atoms with E-state index >= 15 is 0 Å². The lowest BCUT2D eigenvalue weighted by atomic mass is 10.2. The highest BCUT2D eigenvalue weighted by Crippen LogP contribution is 2.28. The van der Waals surface area contributed by atoms with E-state index in [1.807, 2.05) is 24.3 Å². The molecule has 0 aliphatic rings. The molecule has 27 heavy (non-hydrogen) atoms. The monoisotopic (exact) mass is 419 g/mol. The van der Waals surface area contributed by atoms with Crippen molar-refractivity contribution in [2.24, 2.45) is 0 Å². The van der Waals surface area contributed by atoms with Gasteiger partial charge in [-0.1, -0.05) is 35.5 Å². The molecule has 2 amide bonds. The van der Waals surface area contributed by atoms with Gasteiger partial charge in [0.25, 0.3) is 0 Å². The van der Waals surface area contributed by atoms with Gasteiger partial charge in [-0.25, -0.2) is 4.98 Å². The Bertz CT molecular complexity index is 895. The van der Waals surface area contributed by atoms with Crippen molar-refractivity contribution >= 4 is 62.4 Å². The predicted molar refractivity (Wildman–Crippen MR) is 113 cm³/mol. The third-order valence-electron chi connectivity index (χ3n) is 3.63. The highest BCUT2D eigenvalue weighted by molar-refractivity contribution is 8.01. The molecule has 0 spiro atoms. The van der Waals surface area contributed by atoms with Gasteiger partial charge in [-0.2, -0.15) is 0 Å². The Morgan fingerprint density at radius 2 is 1.85 bits per heavy atom. The molecule has 0 aliphatic carbocycles.